The highest BCUT2D eigenvalue weighted by Crippen LogP contribution is 2.36. The van der Waals surface area contributed by atoms with Crippen LogP contribution < -0.4 is 0 Å². The third-order valence-electron chi connectivity index (χ3n) is 1.57. The molecule has 0 fully saturated rings. The first kappa shape index (κ1) is 8.65. The van der Waals surface area contributed by atoms with E-state index in [0.717, 1.165) is 6.41 Å². The van der Waals surface area contributed by atoms with Crippen LogP contribution in [-0.2, 0) is 4.79 Å². The van der Waals surface area contributed by atoms with Gasteiger partial charge < -0.3 is 4.90 Å². The van der Waals surface area contributed by atoms with Gasteiger partial charge in [0, 0.05) is 6.20 Å². The normalized spacial score (nSPS) is 24.3. The van der Waals surface area contributed by atoms with Crippen molar-refractivity contribution in [2.24, 2.45) is 5.41 Å². The molecule has 0 spiro atoms. The predicted octanol–water partition coefficient (Wildman–Crippen LogP) is 2.04. The van der Waals surface area contributed by atoms with Gasteiger partial charge in [-0.05, 0) is 10.8 Å². The van der Waals surface area contributed by atoms with E-state index in [1.54, 1.807) is 16.7 Å². The standard InChI is InChI=1S/C8H13NOS/c1-8(2,3)7-9(6-10)4-5-11-7/h4-7H,1-3H3/t7-/m1/s1. The fourth-order valence-corrected chi connectivity index (χ4v) is 2.10. The summed E-state index contributed by atoms with van der Waals surface area (Å²) in [6, 6.07) is 0. The minimum absolute atomic E-state index is 0.148. The maximum Gasteiger partial charge on any atom is 0.214 e. The number of nitrogens with zero attached hydrogens (tertiary/aromatic N) is 1. The van der Waals surface area contributed by atoms with Gasteiger partial charge in [-0.25, -0.2) is 0 Å². The van der Waals surface area contributed by atoms with Crippen molar-refractivity contribution in [2.75, 3.05) is 0 Å². The van der Waals surface area contributed by atoms with Crippen molar-refractivity contribution in [3.8, 4) is 0 Å². The van der Waals surface area contributed by atoms with Crippen molar-refractivity contribution in [3.63, 3.8) is 0 Å². The molecule has 0 bridgehead atoms. The van der Waals surface area contributed by atoms with Gasteiger partial charge in [-0.2, -0.15) is 0 Å². The SMILES string of the molecule is CC(C)(C)[C@H]1SC=CN1C=O. The van der Waals surface area contributed by atoms with Crippen molar-refractivity contribution < 1.29 is 4.79 Å². The van der Waals surface area contributed by atoms with E-state index in [1.165, 1.54) is 0 Å². The van der Waals surface area contributed by atoms with Gasteiger partial charge in [-0.3, -0.25) is 4.79 Å². The Balaban J connectivity index is 2.68. The summed E-state index contributed by atoms with van der Waals surface area (Å²) in [6.07, 6.45) is 2.71. The largest absolute Gasteiger partial charge is 0.308 e. The number of rotatable bonds is 1. The number of thioether (sulfide) groups is 1. The Kier molecular flexibility index (Phi) is 2.28. The summed E-state index contributed by atoms with van der Waals surface area (Å²) in [7, 11) is 0. The lowest BCUT2D eigenvalue weighted by Crippen LogP contribution is -2.34. The fourth-order valence-electron chi connectivity index (χ4n) is 1.07. The monoisotopic (exact) mass is 171 g/mol. The van der Waals surface area contributed by atoms with Crippen LogP contribution in [0.5, 0.6) is 0 Å². The summed E-state index contributed by atoms with van der Waals surface area (Å²) in [6.45, 7) is 6.40. The van der Waals surface area contributed by atoms with Crippen LogP contribution in [0.4, 0.5) is 0 Å². The third kappa shape index (κ3) is 1.77. The highest BCUT2D eigenvalue weighted by Gasteiger charge is 2.31. The number of carbonyl (C=O) groups excluding carboxylic acids is 1. The van der Waals surface area contributed by atoms with Crippen molar-refractivity contribution in [2.45, 2.75) is 26.1 Å². The highest BCUT2D eigenvalue weighted by atomic mass is 32.2. The van der Waals surface area contributed by atoms with Gasteiger partial charge >= 0.3 is 0 Å². The van der Waals surface area contributed by atoms with Crippen LogP contribution >= 0.6 is 11.8 Å². The quantitative estimate of drug-likeness (QED) is 0.563. The van der Waals surface area contributed by atoms with E-state index in [0.29, 0.717) is 0 Å². The molecule has 0 aliphatic carbocycles. The molecule has 0 aromatic carbocycles. The van der Waals surface area contributed by atoms with Crippen molar-refractivity contribution in [3.05, 3.63) is 11.6 Å². The number of hydrogen-bond acceptors (Lipinski definition) is 2. The maximum absolute atomic E-state index is 10.5. The molecule has 1 atom stereocenters. The van der Waals surface area contributed by atoms with Crippen LogP contribution in [0.25, 0.3) is 0 Å². The molecule has 1 aliphatic heterocycles. The summed E-state index contributed by atoms with van der Waals surface area (Å²) < 4.78 is 0. The average molecular weight is 171 g/mol. The Bertz CT molecular complexity index is 183. The molecule has 0 aromatic heterocycles. The summed E-state index contributed by atoms with van der Waals surface area (Å²) in [5.41, 5.74) is 0.148. The molecule has 1 aliphatic rings. The fraction of sp³-hybridized carbons (Fsp3) is 0.625. The van der Waals surface area contributed by atoms with Crippen LogP contribution in [0.15, 0.2) is 11.6 Å². The molecule has 0 unspecified atom stereocenters. The Morgan fingerprint density at radius 1 is 1.55 bits per heavy atom. The Hall–Kier alpha value is -0.440. The first-order valence-electron chi connectivity index (χ1n) is 3.60. The molecule has 0 radical (unpaired) electrons. The second kappa shape index (κ2) is 2.89. The molecule has 11 heavy (non-hydrogen) atoms. The van der Waals surface area contributed by atoms with Gasteiger partial charge in [0.2, 0.25) is 6.41 Å². The molecule has 2 nitrogen and oxygen atoms in total. The van der Waals surface area contributed by atoms with Crippen LogP contribution in [-0.4, -0.2) is 16.7 Å². The number of amides is 1. The van der Waals surface area contributed by atoms with E-state index in [1.807, 2.05) is 11.6 Å². The van der Waals surface area contributed by atoms with Crippen LogP contribution in [0.3, 0.4) is 0 Å². The molecular weight excluding hydrogens is 158 g/mol. The van der Waals surface area contributed by atoms with Crippen LogP contribution in [0.1, 0.15) is 20.8 Å². The average Bonchev–Trinajstić information content (AvgIpc) is 2.31. The van der Waals surface area contributed by atoms with Crippen LogP contribution in [0.2, 0.25) is 0 Å². The topological polar surface area (TPSA) is 20.3 Å². The van der Waals surface area contributed by atoms with Crippen molar-refractivity contribution in [1.82, 2.24) is 4.90 Å². The maximum atomic E-state index is 10.5. The second-order valence-corrected chi connectivity index (χ2v) is 4.68. The van der Waals surface area contributed by atoms with Gasteiger partial charge in [-0.15, -0.1) is 11.8 Å². The van der Waals surface area contributed by atoms with Gasteiger partial charge in [0.1, 0.15) is 0 Å². The van der Waals surface area contributed by atoms with Crippen LogP contribution in [0, 0.1) is 5.41 Å². The smallest absolute Gasteiger partial charge is 0.214 e. The molecule has 1 rings (SSSR count). The molecule has 0 saturated heterocycles. The van der Waals surface area contributed by atoms with Gasteiger partial charge in [-0.1, -0.05) is 20.8 Å². The lowest BCUT2D eigenvalue weighted by molar-refractivity contribution is -0.117. The summed E-state index contributed by atoms with van der Waals surface area (Å²) in [4.78, 5) is 12.2. The van der Waals surface area contributed by atoms with E-state index < -0.39 is 0 Å². The molecule has 1 heterocycles. The molecule has 62 valence electrons. The third-order valence-corrected chi connectivity index (χ3v) is 3.06. The Morgan fingerprint density at radius 2 is 2.18 bits per heavy atom. The summed E-state index contributed by atoms with van der Waals surface area (Å²) >= 11 is 1.70. The van der Waals surface area contributed by atoms with Crippen molar-refractivity contribution in [1.29, 1.82) is 0 Å². The zero-order valence-corrected chi connectivity index (χ0v) is 7.89. The second-order valence-electron chi connectivity index (χ2n) is 3.69. The minimum atomic E-state index is 0.148. The highest BCUT2D eigenvalue weighted by molar-refractivity contribution is 8.02. The van der Waals surface area contributed by atoms with Gasteiger partial charge in [0.25, 0.3) is 0 Å². The van der Waals surface area contributed by atoms with Gasteiger partial charge in [0.05, 0.1) is 5.37 Å². The molecular formula is C8H13NOS. The molecule has 0 aromatic rings. The molecule has 0 saturated carbocycles. The Morgan fingerprint density at radius 3 is 2.55 bits per heavy atom. The van der Waals surface area contributed by atoms with E-state index >= 15 is 0 Å². The summed E-state index contributed by atoms with van der Waals surface area (Å²) in [5, 5.41) is 2.23. The minimum Gasteiger partial charge on any atom is -0.308 e. The van der Waals surface area contributed by atoms with E-state index in [4.69, 9.17) is 0 Å². The first-order valence-corrected chi connectivity index (χ1v) is 4.55. The number of carbonyl (C=O) groups is 1. The Labute approximate surface area is 71.6 Å². The number of hydrogen-bond donors (Lipinski definition) is 0. The zero-order chi connectivity index (χ0) is 8.48. The van der Waals surface area contributed by atoms with E-state index in [-0.39, 0.29) is 10.8 Å². The summed E-state index contributed by atoms with van der Waals surface area (Å²) in [5.74, 6) is 0. The molecule has 1 amide bonds. The molecule has 3 heteroatoms. The zero-order valence-electron chi connectivity index (χ0n) is 7.07. The van der Waals surface area contributed by atoms with Crippen molar-refractivity contribution >= 4 is 18.2 Å². The van der Waals surface area contributed by atoms with E-state index in [9.17, 15) is 4.79 Å². The lowest BCUT2D eigenvalue weighted by atomic mass is 9.96. The first-order chi connectivity index (χ1) is 5.05. The lowest BCUT2D eigenvalue weighted by Gasteiger charge is -2.31. The molecule has 0 N–H and O–H groups in total. The van der Waals surface area contributed by atoms with Gasteiger partial charge in [0.15, 0.2) is 0 Å². The van der Waals surface area contributed by atoms with E-state index in [2.05, 4.69) is 20.8 Å². The predicted molar refractivity (Wildman–Crippen MR) is 47.9 cm³/mol.